The quantitative estimate of drug-likeness (QED) is 0.478. The zero-order valence-corrected chi connectivity index (χ0v) is 13.5. The van der Waals surface area contributed by atoms with Crippen molar-refractivity contribution < 1.29 is 30.0 Å². The molecule has 0 aromatic carbocycles. The minimum absolute atomic E-state index is 0.242. The zero-order valence-electron chi connectivity index (χ0n) is 11.8. The lowest BCUT2D eigenvalue weighted by molar-refractivity contribution is -0.116. The molecular weight excluding hydrogens is 317 g/mol. The smallest absolute Gasteiger partial charge is 0.299 e. The standard InChI is InChI=1S/C11H21F3O4S2/c1-4-5-6-7-8-10(15)9-19(2,3)18-20(16,17)11(12,13)14/h4-9H2,1-3H3. The molecule has 0 atom stereocenters. The van der Waals surface area contributed by atoms with Gasteiger partial charge in [0.15, 0.2) is 0 Å². The summed E-state index contributed by atoms with van der Waals surface area (Å²) in [6.45, 7) is 2.02. The molecule has 0 aromatic heterocycles. The maximum Gasteiger partial charge on any atom is 0.523 e. The molecule has 0 radical (unpaired) electrons. The van der Waals surface area contributed by atoms with E-state index < -0.39 is 25.9 Å². The molecule has 0 heterocycles. The molecule has 0 N–H and O–H groups in total. The van der Waals surface area contributed by atoms with E-state index in [1.165, 1.54) is 12.5 Å². The van der Waals surface area contributed by atoms with Crippen molar-refractivity contribution in [3.05, 3.63) is 0 Å². The molecule has 0 rings (SSSR count). The third-order valence-corrected chi connectivity index (χ3v) is 6.15. The van der Waals surface area contributed by atoms with Crippen LogP contribution in [0.5, 0.6) is 0 Å². The number of carbonyl (C=O) groups is 1. The summed E-state index contributed by atoms with van der Waals surface area (Å²) < 4.78 is 62.6. The van der Waals surface area contributed by atoms with E-state index >= 15 is 0 Å². The van der Waals surface area contributed by atoms with Crippen LogP contribution in [0.2, 0.25) is 0 Å². The molecule has 0 bridgehead atoms. The number of unbranched alkanes of at least 4 members (excludes halogenated alkanes) is 3. The van der Waals surface area contributed by atoms with Gasteiger partial charge < -0.3 is 0 Å². The summed E-state index contributed by atoms with van der Waals surface area (Å²) in [5, 5.41) is 0. The molecule has 0 aliphatic rings. The number of alkyl halides is 3. The fourth-order valence-electron chi connectivity index (χ4n) is 1.51. The Kier molecular flexibility index (Phi) is 7.54. The second-order valence-electron chi connectivity index (χ2n) is 4.90. The molecule has 0 saturated carbocycles. The lowest BCUT2D eigenvalue weighted by Crippen LogP contribution is -2.28. The first-order chi connectivity index (χ1) is 8.91. The lowest BCUT2D eigenvalue weighted by atomic mass is 10.1. The van der Waals surface area contributed by atoms with Crippen LogP contribution in [0.3, 0.4) is 0 Å². The summed E-state index contributed by atoms with van der Waals surface area (Å²) in [4.78, 5) is 11.6. The predicted octanol–water partition coefficient (Wildman–Crippen LogP) is 3.37. The SMILES string of the molecule is CCCCCCC(=O)CS(C)(C)OS(=O)(=O)C(F)(F)F. The van der Waals surface area contributed by atoms with Crippen molar-refractivity contribution in [2.75, 3.05) is 18.3 Å². The van der Waals surface area contributed by atoms with Gasteiger partial charge in [0, 0.05) is 6.42 Å². The van der Waals surface area contributed by atoms with Gasteiger partial charge in [0.2, 0.25) is 0 Å². The van der Waals surface area contributed by atoms with Gasteiger partial charge in [-0.3, -0.25) is 4.79 Å². The van der Waals surface area contributed by atoms with Crippen molar-refractivity contribution >= 4 is 26.2 Å². The van der Waals surface area contributed by atoms with Crippen LogP contribution < -0.4 is 0 Å². The number of rotatable bonds is 9. The summed E-state index contributed by atoms with van der Waals surface area (Å²) in [7, 11) is -8.27. The highest BCUT2D eigenvalue weighted by atomic mass is 32.3. The molecular formula is C11H21F3O4S2. The molecule has 0 aliphatic carbocycles. The molecule has 0 fully saturated rings. The van der Waals surface area contributed by atoms with Crippen LogP contribution in [0.15, 0.2) is 0 Å². The Bertz CT molecular complexity index is 416. The van der Waals surface area contributed by atoms with Crippen LogP contribution in [-0.4, -0.2) is 38.0 Å². The molecule has 4 nitrogen and oxygen atoms in total. The molecule has 20 heavy (non-hydrogen) atoms. The third kappa shape index (κ3) is 7.49. The van der Waals surface area contributed by atoms with Gasteiger partial charge in [-0.2, -0.15) is 21.6 Å². The lowest BCUT2D eigenvalue weighted by Gasteiger charge is -2.29. The molecule has 0 aromatic rings. The van der Waals surface area contributed by atoms with Crippen LogP contribution >= 0.6 is 10.3 Å². The van der Waals surface area contributed by atoms with Crippen LogP contribution in [-0.2, 0) is 18.5 Å². The van der Waals surface area contributed by atoms with E-state index in [0.717, 1.165) is 19.3 Å². The zero-order chi connectivity index (χ0) is 16.0. The van der Waals surface area contributed by atoms with Gasteiger partial charge >= 0.3 is 15.6 Å². The molecule has 0 amide bonds. The highest BCUT2D eigenvalue weighted by Crippen LogP contribution is 2.46. The first-order valence-electron chi connectivity index (χ1n) is 6.16. The van der Waals surface area contributed by atoms with E-state index in [1.54, 1.807) is 0 Å². The van der Waals surface area contributed by atoms with Crippen molar-refractivity contribution in [3.63, 3.8) is 0 Å². The van der Waals surface area contributed by atoms with E-state index in [1.807, 2.05) is 6.92 Å². The fourth-order valence-corrected chi connectivity index (χ4v) is 4.87. The monoisotopic (exact) mass is 338 g/mol. The van der Waals surface area contributed by atoms with Gasteiger partial charge in [0.25, 0.3) is 0 Å². The highest BCUT2D eigenvalue weighted by Gasteiger charge is 2.49. The van der Waals surface area contributed by atoms with Crippen LogP contribution in [0.4, 0.5) is 13.2 Å². The molecule has 0 saturated heterocycles. The van der Waals surface area contributed by atoms with E-state index in [-0.39, 0.29) is 18.0 Å². The summed E-state index contributed by atoms with van der Waals surface area (Å²) in [6, 6.07) is 0. The average molecular weight is 338 g/mol. The average Bonchev–Trinajstić information content (AvgIpc) is 2.20. The minimum atomic E-state index is -5.65. The van der Waals surface area contributed by atoms with Crippen molar-refractivity contribution in [2.24, 2.45) is 0 Å². The first kappa shape index (κ1) is 19.7. The van der Waals surface area contributed by atoms with Gasteiger partial charge in [-0.15, -0.1) is 10.3 Å². The van der Waals surface area contributed by atoms with Crippen molar-refractivity contribution in [2.45, 2.75) is 44.5 Å². The maximum atomic E-state index is 12.2. The Morgan fingerprint density at radius 3 is 2.10 bits per heavy atom. The van der Waals surface area contributed by atoms with E-state index in [0.29, 0.717) is 6.42 Å². The van der Waals surface area contributed by atoms with E-state index in [2.05, 4.69) is 3.63 Å². The second kappa shape index (κ2) is 7.65. The molecule has 0 aliphatic heterocycles. The normalized spacial score (nSPS) is 14.3. The van der Waals surface area contributed by atoms with Gasteiger partial charge in [0.05, 0.1) is 5.75 Å². The van der Waals surface area contributed by atoms with Gasteiger partial charge in [-0.05, 0) is 18.9 Å². The van der Waals surface area contributed by atoms with Crippen molar-refractivity contribution in [3.8, 4) is 0 Å². The summed E-state index contributed by atoms with van der Waals surface area (Å²) >= 11 is 0. The molecule has 122 valence electrons. The Morgan fingerprint density at radius 1 is 1.10 bits per heavy atom. The number of Topliss-reactive ketones (excluding diaryl/α,β-unsaturated/α-hetero) is 1. The Balaban J connectivity index is 4.42. The van der Waals surface area contributed by atoms with E-state index in [4.69, 9.17) is 0 Å². The first-order valence-corrected chi connectivity index (χ1v) is 10.1. The fraction of sp³-hybridized carbons (Fsp3) is 0.909. The number of ketones is 1. The van der Waals surface area contributed by atoms with Crippen LogP contribution in [0.25, 0.3) is 0 Å². The van der Waals surface area contributed by atoms with Crippen LogP contribution in [0.1, 0.15) is 39.0 Å². The summed E-state index contributed by atoms with van der Waals surface area (Å²) in [5.41, 5.74) is -5.46. The maximum absolute atomic E-state index is 12.2. The molecule has 0 spiro atoms. The van der Waals surface area contributed by atoms with Crippen molar-refractivity contribution in [1.82, 2.24) is 0 Å². The molecule has 0 unspecified atom stereocenters. The number of hydrogen-bond donors (Lipinski definition) is 0. The van der Waals surface area contributed by atoms with Gasteiger partial charge in [0.1, 0.15) is 5.78 Å². The summed E-state index contributed by atoms with van der Waals surface area (Å²) in [5.74, 6) is -0.549. The number of hydrogen-bond acceptors (Lipinski definition) is 4. The number of halogens is 3. The molecule has 9 heteroatoms. The largest absolute Gasteiger partial charge is 0.523 e. The Hall–Kier alpha value is -0.280. The predicted molar refractivity (Wildman–Crippen MR) is 74.1 cm³/mol. The summed E-state index contributed by atoms with van der Waals surface area (Å²) in [6.07, 6.45) is 6.25. The Labute approximate surface area is 119 Å². The highest BCUT2D eigenvalue weighted by molar-refractivity contribution is 8.32. The van der Waals surface area contributed by atoms with Gasteiger partial charge in [-0.1, -0.05) is 26.2 Å². The third-order valence-electron chi connectivity index (χ3n) is 2.38. The number of carbonyl (C=O) groups excluding carboxylic acids is 1. The Morgan fingerprint density at radius 2 is 1.65 bits per heavy atom. The second-order valence-corrected chi connectivity index (χ2v) is 9.98. The van der Waals surface area contributed by atoms with Gasteiger partial charge in [-0.25, -0.2) is 3.63 Å². The van der Waals surface area contributed by atoms with E-state index in [9.17, 15) is 26.4 Å². The topological polar surface area (TPSA) is 60.4 Å². The minimum Gasteiger partial charge on any atom is -0.299 e. The van der Waals surface area contributed by atoms with Crippen LogP contribution in [0, 0.1) is 0 Å². The van der Waals surface area contributed by atoms with Crippen molar-refractivity contribution in [1.29, 1.82) is 0 Å².